The van der Waals surface area contributed by atoms with Crippen LogP contribution in [-0.2, 0) is 14.3 Å². The molecule has 2 rings (SSSR count). The predicted molar refractivity (Wildman–Crippen MR) is 69.1 cm³/mol. The van der Waals surface area contributed by atoms with E-state index in [-0.39, 0.29) is 11.8 Å². The lowest BCUT2D eigenvalue weighted by Gasteiger charge is -2.36. The maximum atomic E-state index is 12.1. The van der Waals surface area contributed by atoms with Crippen LogP contribution in [0, 0.1) is 11.3 Å². The third-order valence-corrected chi connectivity index (χ3v) is 4.74. The summed E-state index contributed by atoms with van der Waals surface area (Å²) in [5.41, 5.74) is 0.356. The van der Waals surface area contributed by atoms with E-state index in [0.717, 1.165) is 12.8 Å². The highest BCUT2D eigenvalue weighted by atomic mass is 16.5. The van der Waals surface area contributed by atoms with E-state index in [1.807, 2.05) is 0 Å². The van der Waals surface area contributed by atoms with Gasteiger partial charge in [-0.15, -0.1) is 0 Å². The molecule has 0 N–H and O–H groups in total. The van der Waals surface area contributed by atoms with Crippen molar-refractivity contribution in [1.82, 2.24) is 0 Å². The maximum absolute atomic E-state index is 12.1. The highest BCUT2D eigenvalue weighted by Crippen LogP contribution is 2.46. The molecule has 1 spiro atoms. The van der Waals surface area contributed by atoms with Crippen LogP contribution in [0.25, 0.3) is 0 Å². The first-order valence-electron chi connectivity index (χ1n) is 7.36. The average molecular weight is 252 g/mol. The summed E-state index contributed by atoms with van der Waals surface area (Å²) in [6.45, 7) is 2.16. The SMILES string of the molecule is CCOC(=O)C1CCC2(CCCCC2)CCC1=O. The Labute approximate surface area is 109 Å². The fourth-order valence-corrected chi connectivity index (χ4v) is 3.59. The number of hydrogen-bond acceptors (Lipinski definition) is 3. The second-order valence-corrected chi connectivity index (χ2v) is 5.87. The normalized spacial score (nSPS) is 27.8. The van der Waals surface area contributed by atoms with Gasteiger partial charge in [-0.1, -0.05) is 19.3 Å². The first-order valence-corrected chi connectivity index (χ1v) is 7.36. The van der Waals surface area contributed by atoms with Crippen LogP contribution >= 0.6 is 0 Å². The molecule has 1 unspecified atom stereocenters. The largest absolute Gasteiger partial charge is 0.465 e. The van der Waals surface area contributed by atoms with Crippen LogP contribution in [-0.4, -0.2) is 18.4 Å². The van der Waals surface area contributed by atoms with Gasteiger partial charge >= 0.3 is 5.97 Å². The summed E-state index contributed by atoms with van der Waals surface area (Å²) in [6.07, 6.45) is 9.70. The first kappa shape index (κ1) is 13.6. The van der Waals surface area contributed by atoms with E-state index in [9.17, 15) is 9.59 Å². The number of ether oxygens (including phenoxy) is 1. The lowest BCUT2D eigenvalue weighted by Crippen LogP contribution is -2.25. The molecule has 3 heteroatoms. The van der Waals surface area contributed by atoms with E-state index < -0.39 is 5.92 Å². The summed E-state index contributed by atoms with van der Waals surface area (Å²) < 4.78 is 5.02. The minimum Gasteiger partial charge on any atom is -0.465 e. The predicted octanol–water partition coefficient (Wildman–Crippen LogP) is 3.26. The summed E-state index contributed by atoms with van der Waals surface area (Å²) >= 11 is 0. The number of ketones is 1. The summed E-state index contributed by atoms with van der Waals surface area (Å²) in [7, 11) is 0. The molecule has 0 aromatic rings. The van der Waals surface area contributed by atoms with Crippen LogP contribution in [0.15, 0.2) is 0 Å². The zero-order chi connectivity index (χ0) is 13.0. The molecule has 3 nitrogen and oxygen atoms in total. The molecule has 0 bridgehead atoms. The molecular formula is C15H24O3. The Balaban J connectivity index is 2.01. The Morgan fingerprint density at radius 1 is 1.22 bits per heavy atom. The van der Waals surface area contributed by atoms with Crippen molar-refractivity contribution in [3.05, 3.63) is 0 Å². The Kier molecular flexibility index (Phi) is 4.41. The van der Waals surface area contributed by atoms with Crippen LogP contribution in [0.2, 0.25) is 0 Å². The molecule has 0 aromatic carbocycles. The zero-order valence-electron chi connectivity index (χ0n) is 11.4. The highest BCUT2D eigenvalue weighted by molar-refractivity contribution is 5.99. The van der Waals surface area contributed by atoms with Gasteiger partial charge in [0.25, 0.3) is 0 Å². The van der Waals surface area contributed by atoms with E-state index in [1.165, 1.54) is 32.1 Å². The maximum Gasteiger partial charge on any atom is 0.316 e. The van der Waals surface area contributed by atoms with Crippen LogP contribution in [0.5, 0.6) is 0 Å². The molecule has 2 fully saturated rings. The van der Waals surface area contributed by atoms with Crippen molar-refractivity contribution in [3.63, 3.8) is 0 Å². The molecule has 0 heterocycles. The Hall–Kier alpha value is -0.860. The van der Waals surface area contributed by atoms with Crippen molar-refractivity contribution >= 4 is 11.8 Å². The zero-order valence-corrected chi connectivity index (χ0v) is 11.4. The minimum absolute atomic E-state index is 0.107. The van der Waals surface area contributed by atoms with Crippen LogP contribution < -0.4 is 0 Å². The van der Waals surface area contributed by atoms with Gasteiger partial charge in [-0.3, -0.25) is 9.59 Å². The Bertz CT molecular complexity index is 316. The average Bonchev–Trinajstić information content (AvgIpc) is 2.52. The Morgan fingerprint density at radius 3 is 2.61 bits per heavy atom. The smallest absolute Gasteiger partial charge is 0.316 e. The van der Waals surface area contributed by atoms with Crippen molar-refractivity contribution in [2.45, 2.75) is 64.7 Å². The molecule has 0 radical (unpaired) electrons. The van der Waals surface area contributed by atoms with Gasteiger partial charge in [0.1, 0.15) is 11.7 Å². The van der Waals surface area contributed by atoms with Crippen molar-refractivity contribution in [2.75, 3.05) is 6.61 Å². The fraction of sp³-hybridized carbons (Fsp3) is 0.867. The van der Waals surface area contributed by atoms with Crippen LogP contribution in [0.4, 0.5) is 0 Å². The standard InChI is InChI=1S/C15H24O3/c1-2-18-14(17)12-6-10-15(11-7-13(12)16)8-4-3-5-9-15/h12H,2-11H2,1H3. The van der Waals surface area contributed by atoms with Gasteiger partial charge in [0, 0.05) is 6.42 Å². The van der Waals surface area contributed by atoms with Crippen molar-refractivity contribution in [3.8, 4) is 0 Å². The second kappa shape index (κ2) is 5.85. The third-order valence-electron chi connectivity index (χ3n) is 4.74. The molecule has 0 aliphatic heterocycles. The van der Waals surface area contributed by atoms with E-state index in [0.29, 0.717) is 24.9 Å². The fourth-order valence-electron chi connectivity index (χ4n) is 3.59. The van der Waals surface area contributed by atoms with Gasteiger partial charge in [-0.25, -0.2) is 0 Å². The van der Waals surface area contributed by atoms with E-state index in [2.05, 4.69) is 0 Å². The Morgan fingerprint density at radius 2 is 1.94 bits per heavy atom. The molecule has 0 aromatic heterocycles. The number of carbonyl (C=O) groups is 2. The quantitative estimate of drug-likeness (QED) is 0.559. The lowest BCUT2D eigenvalue weighted by atomic mass is 9.69. The third kappa shape index (κ3) is 2.93. The number of carbonyl (C=O) groups excluding carboxylic acids is 2. The van der Waals surface area contributed by atoms with Gasteiger partial charge < -0.3 is 4.74 Å². The van der Waals surface area contributed by atoms with Gasteiger partial charge in [-0.2, -0.15) is 0 Å². The topological polar surface area (TPSA) is 43.4 Å². The van der Waals surface area contributed by atoms with Crippen molar-refractivity contribution in [2.24, 2.45) is 11.3 Å². The second-order valence-electron chi connectivity index (χ2n) is 5.87. The van der Waals surface area contributed by atoms with Crippen LogP contribution in [0.3, 0.4) is 0 Å². The molecule has 18 heavy (non-hydrogen) atoms. The van der Waals surface area contributed by atoms with Gasteiger partial charge in [0.2, 0.25) is 0 Å². The van der Waals surface area contributed by atoms with Crippen molar-refractivity contribution in [1.29, 1.82) is 0 Å². The lowest BCUT2D eigenvalue weighted by molar-refractivity contribution is -0.151. The molecule has 0 saturated heterocycles. The molecule has 2 saturated carbocycles. The van der Waals surface area contributed by atoms with Gasteiger partial charge in [0.05, 0.1) is 6.61 Å². The monoisotopic (exact) mass is 252 g/mol. The van der Waals surface area contributed by atoms with E-state index in [1.54, 1.807) is 6.92 Å². The molecule has 2 aliphatic rings. The number of esters is 1. The summed E-state index contributed by atoms with van der Waals surface area (Å²) in [4.78, 5) is 23.8. The van der Waals surface area contributed by atoms with E-state index >= 15 is 0 Å². The molecule has 102 valence electrons. The van der Waals surface area contributed by atoms with Crippen molar-refractivity contribution < 1.29 is 14.3 Å². The van der Waals surface area contributed by atoms with Gasteiger partial charge in [0.15, 0.2) is 0 Å². The molecule has 2 aliphatic carbocycles. The number of rotatable bonds is 2. The summed E-state index contributed by atoms with van der Waals surface area (Å²) in [6, 6.07) is 0. The summed E-state index contributed by atoms with van der Waals surface area (Å²) in [5.74, 6) is -0.669. The number of hydrogen-bond donors (Lipinski definition) is 0. The van der Waals surface area contributed by atoms with Crippen LogP contribution in [0.1, 0.15) is 64.7 Å². The minimum atomic E-state index is -0.480. The molecule has 0 amide bonds. The highest BCUT2D eigenvalue weighted by Gasteiger charge is 2.39. The summed E-state index contributed by atoms with van der Waals surface area (Å²) in [5, 5.41) is 0. The first-order chi connectivity index (χ1) is 8.67. The molecular weight excluding hydrogens is 228 g/mol. The van der Waals surface area contributed by atoms with Gasteiger partial charge in [-0.05, 0) is 44.4 Å². The molecule has 1 atom stereocenters. The van der Waals surface area contributed by atoms with E-state index in [4.69, 9.17) is 4.74 Å². The number of Topliss-reactive ketones (excluding diaryl/α,β-unsaturated/α-hetero) is 1.